The molecule has 0 radical (unpaired) electrons. The Bertz CT molecular complexity index is 765. The summed E-state index contributed by atoms with van der Waals surface area (Å²) in [5, 5.41) is 10.6. The molecule has 0 amide bonds. The van der Waals surface area contributed by atoms with E-state index in [0.717, 1.165) is 53.7 Å². The first-order valence-electron chi connectivity index (χ1n) is 6.92. The van der Waals surface area contributed by atoms with Crippen LogP contribution in [0.25, 0.3) is 21.9 Å². The fraction of sp³-hybridized carbons (Fsp3) is 0.357. The third-order valence-electron chi connectivity index (χ3n) is 3.92. The number of nitrogens with one attached hydrogen (secondary N) is 1. The topological polar surface area (TPSA) is 83.7 Å². The van der Waals surface area contributed by atoms with Crippen molar-refractivity contribution >= 4 is 27.8 Å². The number of H-pyrrole nitrogens is 1. The zero-order valence-electron chi connectivity index (χ0n) is 11.1. The van der Waals surface area contributed by atoms with Crippen molar-refractivity contribution in [2.45, 2.75) is 18.9 Å². The van der Waals surface area contributed by atoms with E-state index in [-0.39, 0.29) is 6.04 Å². The van der Waals surface area contributed by atoms with Crippen LogP contribution in [-0.4, -0.2) is 39.3 Å². The third-order valence-corrected chi connectivity index (χ3v) is 3.92. The summed E-state index contributed by atoms with van der Waals surface area (Å²) < 4.78 is 0. The molecule has 1 aliphatic heterocycles. The molecule has 1 atom stereocenters. The van der Waals surface area contributed by atoms with Crippen molar-refractivity contribution in [2.75, 3.05) is 18.0 Å². The van der Waals surface area contributed by atoms with Crippen LogP contribution in [0.5, 0.6) is 0 Å². The van der Waals surface area contributed by atoms with Crippen LogP contribution in [0, 0.1) is 0 Å². The van der Waals surface area contributed by atoms with Crippen LogP contribution in [0.1, 0.15) is 12.8 Å². The second kappa shape index (κ2) is 4.42. The molecule has 3 N–H and O–H groups in total. The van der Waals surface area contributed by atoms with E-state index in [0.29, 0.717) is 0 Å². The molecule has 4 rings (SSSR count). The van der Waals surface area contributed by atoms with Gasteiger partial charge in [0.05, 0.1) is 10.9 Å². The minimum atomic E-state index is 0.220. The highest BCUT2D eigenvalue weighted by Crippen LogP contribution is 2.30. The minimum absolute atomic E-state index is 0.220. The first-order valence-corrected chi connectivity index (χ1v) is 6.92. The van der Waals surface area contributed by atoms with Crippen LogP contribution in [0.4, 0.5) is 5.82 Å². The lowest BCUT2D eigenvalue weighted by Crippen LogP contribution is -2.43. The fourth-order valence-corrected chi connectivity index (χ4v) is 2.97. The van der Waals surface area contributed by atoms with Gasteiger partial charge in [0.25, 0.3) is 0 Å². The number of hydrogen-bond donors (Lipinski definition) is 2. The average Bonchev–Trinajstić information content (AvgIpc) is 2.95. The Hall–Kier alpha value is -2.21. The zero-order valence-corrected chi connectivity index (χ0v) is 11.1. The second-order valence-electron chi connectivity index (χ2n) is 5.32. The SMILES string of the molecule is NC1CCCN(c2nccc3nnc4[nH]ccc4c23)C1. The molecule has 0 aromatic carbocycles. The van der Waals surface area contributed by atoms with Crippen molar-refractivity contribution in [3.05, 3.63) is 24.5 Å². The summed E-state index contributed by atoms with van der Waals surface area (Å²) in [6, 6.07) is 4.15. The van der Waals surface area contributed by atoms with E-state index in [4.69, 9.17) is 5.73 Å². The number of nitrogens with two attached hydrogens (primary N) is 1. The molecule has 1 saturated heterocycles. The smallest absolute Gasteiger partial charge is 0.160 e. The summed E-state index contributed by atoms with van der Waals surface area (Å²) in [5.74, 6) is 0.970. The number of fused-ring (bicyclic) bond motifs is 3. The van der Waals surface area contributed by atoms with Gasteiger partial charge in [-0.25, -0.2) is 4.98 Å². The highest BCUT2D eigenvalue weighted by molar-refractivity contribution is 6.08. The molecule has 0 spiro atoms. The number of piperidine rings is 1. The van der Waals surface area contributed by atoms with Gasteiger partial charge < -0.3 is 15.6 Å². The van der Waals surface area contributed by atoms with Gasteiger partial charge in [-0.3, -0.25) is 0 Å². The first-order chi connectivity index (χ1) is 9.83. The largest absolute Gasteiger partial charge is 0.354 e. The summed E-state index contributed by atoms with van der Waals surface area (Å²) >= 11 is 0. The summed E-state index contributed by atoms with van der Waals surface area (Å²) in [4.78, 5) is 9.96. The standard InChI is InChI=1S/C14H16N6/c15-9-2-1-7-20(8-9)14-12-10-3-5-16-13(10)19-18-11(12)4-6-17-14/h3-6,9H,1-2,7-8,15H2,(H,16,19). The molecule has 0 aliphatic carbocycles. The summed E-state index contributed by atoms with van der Waals surface area (Å²) in [6.07, 6.45) is 5.87. The predicted octanol–water partition coefficient (Wildman–Crippen LogP) is 1.43. The zero-order chi connectivity index (χ0) is 13.5. The number of pyridine rings is 1. The fourth-order valence-electron chi connectivity index (χ4n) is 2.97. The Labute approximate surface area is 116 Å². The van der Waals surface area contributed by atoms with Crippen molar-refractivity contribution in [2.24, 2.45) is 5.73 Å². The van der Waals surface area contributed by atoms with E-state index in [9.17, 15) is 0 Å². The molecular formula is C14H16N6. The molecule has 3 aromatic heterocycles. The highest BCUT2D eigenvalue weighted by atomic mass is 15.2. The molecule has 0 saturated carbocycles. The van der Waals surface area contributed by atoms with E-state index in [1.165, 1.54) is 0 Å². The summed E-state index contributed by atoms with van der Waals surface area (Å²) in [5.41, 5.74) is 7.77. The van der Waals surface area contributed by atoms with Crippen LogP contribution in [0.15, 0.2) is 24.5 Å². The number of hydrogen-bond acceptors (Lipinski definition) is 5. The van der Waals surface area contributed by atoms with Crippen molar-refractivity contribution in [3.8, 4) is 0 Å². The van der Waals surface area contributed by atoms with Crippen LogP contribution in [0.3, 0.4) is 0 Å². The van der Waals surface area contributed by atoms with Gasteiger partial charge >= 0.3 is 0 Å². The summed E-state index contributed by atoms with van der Waals surface area (Å²) in [6.45, 7) is 1.84. The molecular weight excluding hydrogens is 252 g/mol. The molecule has 1 unspecified atom stereocenters. The normalized spacial score (nSPS) is 19.9. The van der Waals surface area contributed by atoms with Gasteiger partial charge in [-0.15, -0.1) is 10.2 Å². The molecule has 3 aromatic rings. The number of nitrogens with zero attached hydrogens (tertiary/aromatic N) is 4. The summed E-state index contributed by atoms with van der Waals surface area (Å²) in [7, 11) is 0. The Kier molecular flexibility index (Phi) is 2.56. The third kappa shape index (κ3) is 1.72. The van der Waals surface area contributed by atoms with Crippen molar-refractivity contribution < 1.29 is 0 Å². The van der Waals surface area contributed by atoms with Crippen molar-refractivity contribution in [3.63, 3.8) is 0 Å². The van der Waals surface area contributed by atoms with Gasteiger partial charge in [-0.1, -0.05) is 0 Å². The van der Waals surface area contributed by atoms with Gasteiger partial charge in [0.2, 0.25) is 0 Å². The quantitative estimate of drug-likeness (QED) is 0.697. The Balaban J connectivity index is 1.96. The van der Waals surface area contributed by atoms with Gasteiger partial charge in [0.1, 0.15) is 5.82 Å². The van der Waals surface area contributed by atoms with E-state index in [1.54, 1.807) is 6.20 Å². The molecule has 102 valence electrons. The maximum Gasteiger partial charge on any atom is 0.160 e. The number of aromatic nitrogens is 4. The van der Waals surface area contributed by atoms with Crippen LogP contribution in [0.2, 0.25) is 0 Å². The van der Waals surface area contributed by atoms with Crippen molar-refractivity contribution in [1.82, 2.24) is 20.2 Å². The predicted molar refractivity (Wildman–Crippen MR) is 78.6 cm³/mol. The lowest BCUT2D eigenvalue weighted by molar-refractivity contribution is 0.504. The van der Waals surface area contributed by atoms with Crippen LogP contribution >= 0.6 is 0 Å². The Morgan fingerprint density at radius 1 is 1.30 bits per heavy atom. The number of anilines is 1. The maximum atomic E-state index is 6.10. The molecule has 6 heteroatoms. The van der Waals surface area contributed by atoms with Gasteiger partial charge in [0, 0.05) is 36.9 Å². The van der Waals surface area contributed by atoms with Gasteiger partial charge in [-0.2, -0.15) is 0 Å². The molecule has 20 heavy (non-hydrogen) atoms. The average molecular weight is 268 g/mol. The lowest BCUT2D eigenvalue weighted by atomic mass is 10.1. The second-order valence-corrected chi connectivity index (χ2v) is 5.32. The number of aromatic amines is 1. The van der Waals surface area contributed by atoms with E-state index < -0.39 is 0 Å². The lowest BCUT2D eigenvalue weighted by Gasteiger charge is -2.32. The molecule has 1 fully saturated rings. The van der Waals surface area contributed by atoms with E-state index in [1.807, 2.05) is 18.3 Å². The minimum Gasteiger partial charge on any atom is -0.354 e. The van der Waals surface area contributed by atoms with Crippen LogP contribution < -0.4 is 10.6 Å². The van der Waals surface area contributed by atoms with Gasteiger partial charge in [0.15, 0.2) is 5.65 Å². The van der Waals surface area contributed by atoms with E-state index >= 15 is 0 Å². The maximum absolute atomic E-state index is 6.10. The van der Waals surface area contributed by atoms with Crippen LogP contribution in [-0.2, 0) is 0 Å². The van der Waals surface area contributed by atoms with Crippen molar-refractivity contribution in [1.29, 1.82) is 0 Å². The molecule has 1 aliphatic rings. The first kappa shape index (κ1) is 11.6. The van der Waals surface area contributed by atoms with Gasteiger partial charge in [-0.05, 0) is 25.0 Å². The monoisotopic (exact) mass is 268 g/mol. The number of rotatable bonds is 1. The highest BCUT2D eigenvalue weighted by Gasteiger charge is 2.21. The Morgan fingerprint density at radius 3 is 3.15 bits per heavy atom. The molecule has 0 bridgehead atoms. The molecule has 6 nitrogen and oxygen atoms in total. The molecule has 4 heterocycles. The van der Waals surface area contributed by atoms with E-state index in [2.05, 4.69) is 25.1 Å². The Morgan fingerprint density at radius 2 is 2.25 bits per heavy atom.